The molecule has 0 spiro atoms. The van der Waals surface area contributed by atoms with E-state index in [0.29, 0.717) is 11.5 Å². The second kappa shape index (κ2) is 5.39. The molecule has 6 nitrogen and oxygen atoms in total. The number of aromatic amines is 1. The van der Waals surface area contributed by atoms with E-state index in [4.69, 9.17) is 10.2 Å². The number of rotatable bonds is 5. The zero-order valence-electron chi connectivity index (χ0n) is 10.1. The van der Waals surface area contributed by atoms with Crippen LogP contribution in [-0.2, 0) is 6.42 Å². The van der Waals surface area contributed by atoms with Gasteiger partial charge >= 0.3 is 0 Å². The van der Waals surface area contributed by atoms with E-state index in [1.54, 1.807) is 6.26 Å². The third-order valence-electron chi connectivity index (χ3n) is 2.62. The lowest BCUT2D eigenvalue weighted by Gasteiger charge is -2.11. The summed E-state index contributed by atoms with van der Waals surface area (Å²) in [7, 11) is 0. The lowest BCUT2D eigenvalue weighted by Crippen LogP contribution is -2.33. The molecule has 0 aliphatic rings. The van der Waals surface area contributed by atoms with Crippen molar-refractivity contribution >= 4 is 11.7 Å². The average molecular weight is 248 g/mol. The number of nitrogen functional groups attached to an aromatic ring is 1. The SMILES string of the molecule is CC(CCc1ccco1)NC(=O)c1cc(N)n[nH]1. The minimum atomic E-state index is -0.203. The summed E-state index contributed by atoms with van der Waals surface area (Å²) >= 11 is 0. The molecule has 2 aromatic rings. The van der Waals surface area contributed by atoms with Crippen LogP contribution in [0.4, 0.5) is 5.82 Å². The van der Waals surface area contributed by atoms with E-state index in [9.17, 15) is 4.79 Å². The molecular formula is C12H16N4O2. The van der Waals surface area contributed by atoms with E-state index < -0.39 is 0 Å². The quantitative estimate of drug-likeness (QED) is 0.743. The van der Waals surface area contributed by atoms with Crippen LogP contribution in [-0.4, -0.2) is 22.1 Å². The molecule has 1 amide bonds. The average Bonchev–Trinajstić information content (AvgIpc) is 2.97. The highest BCUT2D eigenvalue weighted by Crippen LogP contribution is 2.06. The molecule has 0 radical (unpaired) electrons. The predicted octanol–water partition coefficient (Wildman–Crippen LogP) is 1.34. The van der Waals surface area contributed by atoms with Crippen molar-refractivity contribution in [3.8, 4) is 0 Å². The molecule has 0 saturated carbocycles. The molecule has 0 aromatic carbocycles. The van der Waals surface area contributed by atoms with Gasteiger partial charge in [0.2, 0.25) is 0 Å². The van der Waals surface area contributed by atoms with Crippen LogP contribution in [0.2, 0.25) is 0 Å². The fraction of sp³-hybridized carbons (Fsp3) is 0.333. The molecule has 2 aromatic heterocycles. The maximum absolute atomic E-state index is 11.8. The highest BCUT2D eigenvalue weighted by Gasteiger charge is 2.12. The van der Waals surface area contributed by atoms with Gasteiger partial charge in [0.1, 0.15) is 17.3 Å². The second-order valence-corrected chi connectivity index (χ2v) is 4.20. The Balaban J connectivity index is 1.80. The molecule has 0 aliphatic heterocycles. The van der Waals surface area contributed by atoms with Gasteiger partial charge in [-0.2, -0.15) is 5.10 Å². The molecule has 0 saturated heterocycles. The first kappa shape index (κ1) is 12.2. The number of aromatic nitrogens is 2. The number of anilines is 1. The largest absolute Gasteiger partial charge is 0.469 e. The summed E-state index contributed by atoms with van der Waals surface area (Å²) in [4.78, 5) is 11.8. The number of carbonyl (C=O) groups is 1. The maximum atomic E-state index is 11.8. The van der Waals surface area contributed by atoms with E-state index in [2.05, 4.69) is 15.5 Å². The van der Waals surface area contributed by atoms with Crippen LogP contribution in [0.5, 0.6) is 0 Å². The molecule has 0 aliphatic carbocycles. The van der Waals surface area contributed by atoms with Gasteiger partial charge in [0.05, 0.1) is 6.26 Å². The zero-order valence-corrected chi connectivity index (χ0v) is 10.1. The van der Waals surface area contributed by atoms with Crippen LogP contribution in [0.25, 0.3) is 0 Å². The number of aryl methyl sites for hydroxylation is 1. The number of carbonyl (C=O) groups excluding carboxylic acids is 1. The van der Waals surface area contributed by atoms with Gasteiger partial charge in [-0.15, -0.1) is 0 Å². The van der Waals surface area contributed by atoms with Crippen molar-refractivity contribution in [2.75, 3.05) is 5.73 Å². The van der Waals surface area contributed by atoms with Crippen LogP contribution in [0.1, 0.15) is 29.6 Å². The molecule has 4 N–H and O–H groups in total. The number of nitrogens with zero attached hydrogens (tertiary/aromatic N) is 1. The van der Waals surface area contributed by atoms with Crippen molar-refractivity contribution < 1.29 is 9.21 Å². The van der Waals surface area contributed by atoms with Crippen LogP contribution in [0, 0.1) is 0 Å². The summed E-state index contributed by atoms with van der Waals surface area (Å²) < 4.78 is 5.23. The third-order valence-corrected chi connectivity index (χ3v) is 2.62. The Morgan fingerprint density at radius 1 is 1.67 bits per heavy atom. The fourth-order valence-electron chi connectivity index (χ4n) is 1.64. The van der Waals surface area contributed by atoms with Crippen LogP contribution < -0.4 is 11.1 Å². The van der Waals surface area contributed by atoms with E-state index in [0.717, 1.165) is 18.6 Å². The Bertz CT molecular complexity index is 504. The van der Waals surface area contributed by atoms with Crippen molar-refractivity contribution in [1.82, 2.24) is 15.5 Å². The summed E-state index contributed by atoms with van der Waals surface area (Å²) in [6.07, 6.45) is 3.24. The minimum Gasteiger partial charge on any atom is -0.469 e. The molecule has 2 rings (SSSR count). The fourth-order valence-corrected chi connectivity index (χ4v) is 1.64. The summed E-state index contributed by atoms with van der Waals surface area (Å²) in [6, 6.07) is 5.33. The Hall–Kier alpha value is -2.24. The van der Waals surface area contributed by atoms with Crippen molar-refractivity contribution in [2.24, 2.45) is 0 Å². The number of furan rings is 1. The van der Waals surface area contributed by atoms with E-state index >= 15 is 0 Å². The summed E-state index contributed by atoms with van der Waals surface area (Å²) in [6.45, 7) is 1.95. The Labute approximate surface area is 105 Å². The summed E-state index contributed by atoms with van der Waals surface area (Å²) in [5, 5.41) is 9.15. The molecular weight excluding hydrogens is 232 g/mol. The van der Waals surface area contributed by atoms with Gasteiger partial charge in [-0.25, -0.2) is 0 Å². The Morgan fingerprint density at radius 2 is 2.50 bits per heavy atom. The van der Waals surface area contributed by atoms with Gasteiger partial charge in [0.25, 0.3) is 5.91 Å². The first-order valence-corrected chi connectivity index (χ1v) is 5.79. The molecule has 18 heavy (non-hydrogen) atoms. The molecule has 6 heteroatoms. The highest BCUT2D eigenvalue weighted by molar-refractivity contribution is 5.93. The van der Waals surface area contributed by atoms with E-state index in [-0.39, 0.29) is 11.9 Å². The number of nitrogens with one attached hydrogen (secondary N) is 2. The number of H-pyrrole nitrogens is 1. The Kier molecular flexibility index (Phi) is 3.66. The topological polar surface area (TPSA) is 96.9 Å². The number of nitrogens with two attached hydrogens (primary N) is 1. The van der Waals surface area contributed by atoms with Crippen LogP contribution >= 0.6 is 0 Å². The third kappa shape index (κ3) is 3.13. The molecule has 1 unspecified atom stereocenters. The molecule has 0 fully saturated rings. The normalized spacial score (nSPS) is 12.3. The van der Waals surface area contributed by atoms with Gasteiger partial charge < -0.3 is 15.5 Å². The van der Waals surface area contributed by atoms with Gasteiger partial charge in [-0.05, 0) is 25.5 Å². The van der Waals surface area contributed by atoms with Gasteiger partial charge in [-0.1, -0.05) is 0 Å². The van der Waals surface area contributed by atoms with E-state index in [1.165, 1.54) is 6.07 Å². The minimum absolute atomic E-state index is 0.0483. The van der Waals surface area contributed by atoms with Crippen LogP contribution in [0.3, 0.4) is 0 Å². The van der Waals surface area contributed by atoms with Crippen molar-refractivity contribution in [2.45, 2.75) is 25.8 Å². The zero-order chi connectivity index (χ0) is 13.0. The van der Waals surface area contributed by atoms with E-state index in [1.807, 2.05) is 19.1 Å². The monoisotopic (exact) mass is 248 g/mol. The molecule has 96 valence electrons. The first-order chi connectivity index (χ1) is 8.65. The Morgan fingerprint density at radius 3 is 3.11 bits per heavy atom. The molecule has 1 atom stereocenters. The lowest BCUT2D eigenvalue weighted by atomic mass is 10.1. The first-order valence-electron chi connectivity index (χ1n) is 5.79. The van der Waals surface area contributed by atoms with Crippen molar-refractivity contribution in [1.29, 1.82) is 0 Å². The van der Waals surface area contributed by atoms with Gasteiger partial charge in [0, 0.05) is 18.5 Å². The molecule has 2 heterocycles. The van der Waals surface area contributed by atoms with Gasteiger partial charge in [-0.3, -0.25) is 9.89 Å². The van der Waals surface area contributed by atoms with Gasteiger partial charge in [0.15, 0.2) is 0 Å². The van der Waals surface area contributed by atoms with Crippen molar-refractivity contribution in [3.63, 3.8) is 0 Å². The summed E-state index contributed by atoms with van der Waals surface area (Å²) in [5.41, 5.74) is 5.81. The standard InChI is InChI=1S/C12H16N4O2/c1-8(4-5-9-3-2-6-18-9)14-12(17)10-7-11(13)16-15-10/h2-3,6-8H,4-5H2,1H3,(H,14,17)(H3,13,15,16). The number of amides is 1. The van der Waals surface area contributed by atoms with Crippen molar-refractivity contribution in [3.05, 3.63) is 35.9 Å². The maximum Gasteiger partial charge on any atom is 0.269 e. The van der Waals surface area contributed by atoms with Crippen LogP contribution in [0.15, 0.2) is 28.9 Å². The number of hydrogen-bond acceptors (Lipinski definition) is 4. The predicted molar refractivity (Wildman–Crippen MR) is 67.0 cm³/mol. The second-order valence-electron chi connectivity index (χ2n) is 4.20. The number of hydrogen-bond donors (Lipinski definition) is 3. The highest BCUT2D eigenvalue weighted by atomic mass is 16.3. The smallest absolute Gasteiger partial charge is 0.269 e. The molecule has 0 bridgehead atoms. The lowest BCUT2D eigenvalue weighted by molar-refractivity contribution is 0.0933. The summed E-state index contributed by atoms with van der Waals surface area (Å²) in [5.74, 6) is 1.02.